The molecule has 0 saturated heterocycles. The van der Waals surface area contributed by atoms with Gasteiger partial charge in [-0.15, -0.1) is 11.3 Å². The minimum Gasteiger partial charge on any atom is -0.469 e. The summed E-state index contributed by atoms with van der Waals surface area (Å²) in [6, 6.07) is 0. The first kappa shape index (κ1) is 12.2. The van der Waals surface area contributed by atoms with Crippen LogP contribution in [0.2, 0.25) is 5.15 Å². The maximum Gasteiger partial charge on any atom is 0.306 e. The van der Waals surface area contributed by atoms with Crippen molar-refractivity contribution in [1.82, 2.24) is 4.98 Å². The highest BCUT2D eigenvalue weighted by Crippen LogP contribution is 2.52. The Morgan fingerprint density at radius 2 is 2.50 bits per heavy atom. The Hall–Kier alpha value is -0.260. The number of nitrogens with zero attached hydrogens (tertiary/aromatic N) is 1. The van der Waals surface area contributed by atoms with E-state index in [0.717, 1.165) is 22.9 Å². The Morgan fingerprint density at radius 3 is 3.00 bits per heavy atom. The number of thioether (sulfide) groups is 1. The summed E-state index contributed by atoms with van der Waals surface area (Å²) in [5.41, 5.74) is 0.149. The molecule has 1 heterocycles. The molecule has 1 fully saturated rings. The van der Waals surface area contributed by atoms with E-state index in [9.17, 15) is 4.79 Å². The van der Waals surface area contributed by atoms with Gasteiger partial charge in [-0.25, -0.2) is 4.98 Å². The van der Waals surface area contributed by atoms with Crippen molar-refractivity contribution >= 4 is 40.7 Å². The van der Waals surface area contributed by atoms with Crippen LogP contribution in [-0.4, -0.2) is 23.8 Å². The van der Waals surface area contributed by atoms with E-state index in [0.29, 0.717) is 11.6 Å². The van der Waals surface area contributed by atoms with Crippen LogP contribution in [-0.2, 0) is 9.53 Å². The fourth-order valence-corrected chi connectivity index (χ4v) is 3.74. The van der Waals surface area contributed by atoms with Gasteiger partial charge in [0.25, 0.3) is 0 Å². The summed E-state index contributed by atoms with van der Waals surface area (Å²) < 4.78 is 5.67. The zero-order valence-electron chi connectivity index (χ0n) is 8.86. The smallest absolute Gasteiger partial charge is 0.306 e. The molecule has 0 amide bonds. The molecule has 3 nitrogen and oxygen atoms in total. The Kier molecular flexibility index (Phi) is 3.77. The number of carbonyl (C=O) groups excluding carboxylic acids is 1. The molecule has 88 valence electrons. The van der Waals surface area contributed by atoms with Crippen molar-refractivity contribution in [2.24, 2.45) is 5.41 Å². The van der Waals surface area contributed by atoms with Crippen molar-refractivity contribution in [1.29, 1.82) is 0 Å². The average Bonchev–Trinajstić information content (AvgIpc) is 2.90. The Labute approximate surface area is 108 Å². The van der Waals surface area contributed by atoms with E-state index in [1.54, 1.807) is 23.1 Å². The van der Waals surface area contributed by atoms with Crippen LogP contribution in [0.5, 0.6) is 0 Å². The Bertz CT molecular complexity index is 390. The van der Waals surface area contributed by atoms with Crippen LogP contribution in [0.15, 0.2) is 9.72 Å². The summed E-state index contributed by atoms with van der Waals surface area (Å²) in [7, 11) is 1.44. The molecule has 0 unspecified atom stereocenters. The van der Waals surface area contributed by atoms with Crippen molar-refractivity contribution in [3.63, 3.8) is 0 Å². The summed E-state index contributed by atoms with van der Waals surface area (Å²) in [6.45, 7) is 0. The number of ether oxygens (including phenoxy) is 1. The number of hydrogen-bond donors (Lipinski definition) is 0. The van der Waals surface area contributed by atoms with Gasteiger partial charge in [-0.1, -0.05) is 23.4 Å². The normalized spacial score (nSPS) is 17.1. The van der Waals surface area contributed by atoms with Gasteiger partial charge in [0.15, 0.2) is 4.34 Å². The summed E-state index contributed by atoms with van der Waals surface area (Å²) in [6.07, 6.45) is 2.73. The van der Waals surface area contributed by atoms with Gasteiger partial charge in [-0.2, -0.15) is 0 Å². The number of methoxy groups -OCH3 is 1. The number of halogens is 1. The molecule has 0 spiro atoms. The highest BCUT2D eigenvalue weighted by atomic mass is 35.5. The summed E-state index contributed by atoms with van der Waals surface area (Å²) in [5, 5.41) is 2.37. The third kappa shape index (κ3) is 3.12. The number of rotatable bonds is 5. The quantitative estimate of drug-likeness (QED) is 0.612. The third-order valence-electron chi connectivity index (χ3n) is 2.66. The molecule has 0 atom stereocenters. The van der Waals surface area contributed by atoms with Crippen LogP contribution in [0.25, 0.3) is 0 Å². The maximum absolute atomic E-state index is 11.2. The predicted molar refractivity (Wildman–Crippen MR) is 66.1 cm³/mol. The fourth-order valence-electron chi connectivity index (χ4n) is 1.45. The Balaban J connectivity index is 1.83. The maximum atomic E-state index is 11.2. The molecule has 1 aromatic rings. The van der Waals surface area contributed by atoms with E-state index in [1.807, 2.05) is 5.38 Å². The van der Waals surface area contributed by atoms with Crippen molar-refractivity contribution < 1.29 is 9.53 Å². The lowest BCUT2D eigenvalue weighted by molar-refractivity contribution is -0.141. The molecule has 0 N–H and O–H groups in total. The Morgan fingerprint density at radius 1 is 1.75 bits per heavy atom. The molecule has 1 aromatic heterocycles. The number of thiazole rings is 1. The van der Waals surface area contributed by atoms with Gasteiger partial charge >= 0.3 is 5.97 Å². The zero-order chi connectivity index (χ0) is 11.6. The van der Waals surface area contributed by atoms with E-state index < -0.39 is 0 Å². The van der Waals surface area contributed by atoms with E-state index in [1.165, 1.54) is 7.11 Å². The lowest BCUT2D eigenvalue weighted by Gasteiger charge is -2.11. The second-order valence-corrected chi connectivity index (χ2v) is 6.45. The zero-order valence-corrected chi connectivity index (χ0v) is 11.3. The van der Waals surface area contributed by atoms with Gasteiger partial charge in [0.1, 0.15) is 5.15 Å². The number of carbonyl (C=O) groups is 1. The lowest BCUT2D eigenvalue weighted by Crippen LogP contribution is -2.12. The highest BCUT2D eigenvalue weighted by Gasteiger charge is 2.44. The molecule has 2 rings (SSSR count). The molecule has 16 heavy (non-hydrogen) atoms. The first-order chi connectivity index (χ1) is 7.63. The van der Waals surface area contributed by atoms with Crippen LogP contribution < -0.4 is 0 Å². The van der Waals surface area contributed by atoms with Crippen LogP contribution in [0, 0.1) is 5.41 Å². The lowest BCUT2D eigenvalue weighted by atomic mass is 10.1. The summed E-state index contributed by atoms with van der Waals surface area (Å²) in [5.74, 6) is 0.807. The van der Waals surface area contributed by atoms with Crippen molar-refractivity contribution in [3.8, 4) is 0 Å². The van der Waals surface area contributed by atoms with Gasteiger partial charge in [-0.05, 0) is 18.3 Å². The summed E-state index contributed by atoms with van der Waals surface area (Å²) in [4.78, 5) is 15.4. The van der Waals surface area contributed by atoms with E-state index in [-0.39, 0.29) is 11.4 Å². The number of aromatic nitrogens is 1. The standard InChI is InChI=1S/C10H12ClNO2S2/c1-14-8(13)4-10(2-3-10)6-16-9-12-7(11)5-15-9/h5H,2-4,6H2,1H3. The average molecular weight is 278 g/mol. The SMILES string of the molecule is COC(=O)CC1(CSc2nc(Cl)cs2)CC1. The predicted octanol–water partition coefficient (Wildman–Crippen LogP) is 3.23. The van der Waals surface area contributed by atoms with Crippen molar-refractivity contribution in [2.45, 2.75) is 23.6 Å². The summed E-state index contributed by atoms with van der Waals surface area (Å²) >= 11 is 8.97. The van der Waals surface area contributed by atoms with Gasteiger partial charge < -0.3 is 4.74 Å². The second-order valence-electron chi connectivity index (χ2n) is 3.98. The monoisotopic (exact) mass is 277 g/mol. The molecule has 0 radical (unpaired) electrons. The number of esters is 1. The molecular weight excluding hydrogens is 266 g/mol. The molecule has 1 saturated carbocycles. The first-order valence-corrected chi connectivity index (χ1v) is 7.18. The topological polar surface area (TPSA) is 39.2 Å². The molecule has 1 aliphatic carbocycles. The minimum atomic E-state index is -0.115. The fraction of sp³-hybridized carbons (Fsp3) is 0.600. The van der Waals surface area contributed by atoms with Crippen LogP contribution >= 0.6 is 34.7 Å². The van der Waals surface area contributed by atoms with E-state index >= 15 is 0 Å². The van der Waals surface area contributed by atoms with Crippen molar-refractivity contribution in [3.05, 3.63) is 10.5 Å². The van der Waals surface area contributed by atoms with E-state index in [2.05, 4.69) is 4.98 Å². The molecule has 0 aromatic carbocycles. The van der Waals surface area contributed by atoms with Crippen LogP contribution in [0.4, 0.5) is 0 Å². The molecule has 6 heteroatoms. The van der Waals surface area contributed by atoms with Crippen LogP contribution in [0.3, 0.4) is 0 Å². The first-order valence-electron chi connectivity index (χ1n) is 4.94. The minimum absolute atomic E-state index is 0.115. The van der Waals surface area contributed by atoms with Gasteiger partial charge in [-0.3, -0.25) is 4.79 Å². The van der Waals surface area contributed by atoms with Crippen LogP contribution in [0.1, 0.15) is 19.3 Å². The molecule has 0 bridgehead atoms. The molecule has 0 aliphatic heterocycles. The van der Waals surface area contributed by atoms with Gasteiger partial charge in [0, 0.05) is 11.1 Å². The largest absolute Gasteiger partial charge is 0.469 e. The van der Waals surface area contributed by atoms with Crippen molar-refractivity contribution in [2.75, 3.05) is 12.9 Å². The van der Waals surface area contributed by atoms with Gasteiger partial charge in [0.2, 0.25) is 0 Å². The highest BCUT2D eigenvalue weighted by molar-refractivity contribution is 8.01. The van der Waals surface area contributed by atoms with Gasteiger partial charge in [0.05, 0.1) is 13.5 Å². The molecule has 1 aliphatic rings. The second kappa shape index (κ2) is 4.94. The third-order valence-corrected chi connectivity index (χ3v) is 5.36. The molecular formula is C10H12ClNO2S2. The van der Waals surface area contributed by atoms with E-state index in [4.69, 9.17) is 16.3 Å². The number of hydrogen-bond acceptors (Lipinski definition) is 5.